The van der Waals surface area contributed by atoms with Crippen molar-refractivity contribution < 1.29 is 4.79 Å². The SMILES string of the molecule is Cc1ccc(-c2csc3nc(-c4ccccc4)n(CCCC(N)=O)c(=O)c23)c(C)c1. The molecule has 2 N–H and O–H groups in total. The lowest BCUT2D eigenvalue weighted by Gasteiger charge is -2.13. The van der Waals surface area contributed by atoms with Gasteiger partial charge in [-0.05, 0) is 31.4 Å². The molecule has 0 saturated carbocycles. The van der Waals surface area contributed by atoms with Crippen LogP contribution < -0.4 is 11.3 Å². The summed E-state index contributed by atoms with van der Waals surface area (Å²) < 4.78 is 1.68. The first-order valence-corrected chi connectivity index (χ1v) is 10.8. The van der Waals surface area contributed by atoms with Gasteiger partial charge in [-0.1, -0.05) is 54.1 Å². The number of nitrogens with two attached hydrogens (primary N) is 1. The van der Waals surface area contributed by atoms with E-state index in [1.165, 1.54) is 16.9 Å². The Morgan fingerprint density at radius 2 is 1.87 bits per heavy atom. The van der Waals surface area contributed by atoms with E-state index in [4.69, 9.17) is 10.7 Å². The number of primary amides is 1. The van der Waals surface area contributed by atoms with Gasteiger partial charge in [-0.25, -0.2) is 4.98 Å². The van der Waals surface area contributed by atoms with Gasteiger partial charge in [0.1, 0.15) is 10.7 Å². The molecule has 0 spiro atoms. The van der Waals surface area contributed by atoms with Crippen molar-refractivity contribution in [2.45, 2.75) is 33.2 Å². The van der Waals surface area contributed by atoms with Crippen molar-refractivity contribution in [1.82, 2.24) is 9.55 Å². The van der Waals surface area contributed by atoms with Crippen molar-refractivity contribution in [3.8, 4) is 22.5 Å². The highest BCUT2D eigenvalue weighted by atomic mass is 32.1. The zero-order chi connectivity index (χ0) is 21.3. The van der Waals surface area contributed by atoms with Gasteiger partial charge in [0.2, 0.25) is 5.91 Å². The van der Waals surface area contributed by atoms with Crippen LogP contribution >= 0.6 is 11.3 Å². The van der Waals surface area contributed by atoms with Crippen LogP contribution in [0.25, 0.3) is 32.7 Å². The van der Waals surface area contributed by atoms with Crippen LogP contribution in [0.15, 0.2) is 58.7 Å². The molecule has 4 aromatic rings. The highest BCUT2D eigenvalue weighted by Crippen LogP contribution is 2.34. The average Bonchev–Trinajstić information content (AvgIpc) is 3.14. The number of aryl methyl sites for hydroxylation is 2. The van der Waals surface area contributed by atoms with Gasteiger partial charge in [0, 0.05) is 29.5 Å². The first-order valence-electron chi connectivity index (χ1n) is 9.89. The number of rotatable bonds is 6. The van der Waals surface area contributed by atoms with E-state index in [1.54, 1.807) is 4.57 Å². The summed E-state index contributed by atoms with van der Waals surface area (Å²) in [6.07, 6.45) is 0.720. The zero-order valence-corrected chi connectivity index (χ0v) is 17.8. The summed E-state index contributed by atoms with van der Waals surface area (Å²) in [5, 5.41) is 2.64. The summed E-state index contributed by atoms with van der Waals surface area (Å²) in [6.45, 7) is 4.50. The van der Waals surface area contributed by atoms with Gasteiger partial charge in [0.15, 0.2) is 0 Å². The van der Waals surface area contributed by atoms with E-state index in [2.05, 4.69) is 32.0 Å². The first kappa shape index (κ1) is 20.0. The van der Waals surface area contributed by atoms with Crippen LogP contribution in [0.5, 0.6) is 0 Å². The number of nitrogens with zero attached hydrogens (tertiary/aromatic N) is 2. The molecule has 0 atom stereocenters. The van der Waals surface area contributed by atoms with Crippen molar-refractivity contribution in [1.29, 1.82) is 0 Å². The Morgan fingerprint density at radius 3 is 2.57 bits per heavy atom. The van der Waals surface area contributed by atoms with Gasteiger partial charge >= 0.3 is 0 Å². The lowest BCUT2D eigenvalue weighted by atomic mass is 9.99. The topological polar surface area (TPSA) is 78.0 Å². The predicted molar refractivity (Wildman–Crippen MR) is 123 cm³/mol. The third kappa shape index (κ3) is 3.78. The molecule has 2 aromatic carbocycles. The second-order valence-corrected chi connectivity index (χ2v) is 8.33. The summed E-state index contributed by atoms with van der Waals surface area (Å²) in [4.78, 5) is 30.5. The molecule has 152 valence electrons. The van der Waals surface area contributed by atoms with Crippen molar-refractivity contribution >= 4 is 27.5 Å². The van der Waals surface area contributed by atoms with Crippen LogP contribution in [0.2, 0.25) is 0 Å². The fourth-order valence-electron chi connectivity index (χ4n) is 3.76. The molecule has 1 amide bonds. The minimum absolute atomic E-state index is 0.0838. The fraction of sp³-hybridized carbons (Fsp3) is 0.208. The van der Waals surface area contributed by atoms with E-state index in [9.17, 15) is 9.59 Å². The predicted octanol–water partition coefficient (Wildman–Crippen LogP) is 4.67. The Kier molecular flexibility index (Phi) is 5.50. The summed E-state index contributed by atoms with van der Waals surface area (Å²) >= 11 is 1.48. The standard InChI is InChI=1S/C24H23N3O2S/c1-15-10-11-18(16(2)13-15)19-14-30-23-21(19)24(29)27(12-6-9-20(25)28)22(26-23)17-7-4-3-5-8-17/h3-5,7-8,10-11,13-14H,6,9,12H2,1-2H3,(H2,25,28). The molecule has 0 radical (unpaired) electrons. The van der Waals surface area contributed by atoms with Gasteiger partial charge in [0.25, 0.3) is 5.56 Å². The van der Waals surface area contributed by atoms with Crippen molar-refractivity contribution in [3.05, 3.63) is 75.4 Å². The van der Waals surface area contributed by atoms with Gasteiger partial charge in [0.05, 0.1) is 5.39 Å². The number of hydrogen-bond donors (Lipinski definition) is 1. The molecule has 2 aromatic heterocycles. The Bertz CT molecular complexity index is 1290. The number of benzene rings is 2. The molecule has 0 fully saturated rings. The quantitative estimate of drug-likeness (QED) is 0.495. The minimum atomic E-state index is -0.371. The summed E-state index contributed by atoms with van der Waals surface area (Å²) in [6, 6.07) is 15.9. The number of carbonyl (C=O) groups excluding carboxylic acids is 1. The molecule has 2 heterocycles. The molecule has 0 aliphatic rings. The molecule has 6 heteroatoms. The monoisotopic (exact) mass is 417 g/mol. The maximum Gasteiger partial charge on any atom is 0.263 e. The summed E-state index contributed by atoms with van der Waals surface area (Å²) in [5.74, 6) is 0.247. The largest absolute Gasteiger partial charge is 0.370 e. The number of amides is 1. The average molecular weight is 418 g/mol. The third-order valence-corrected chi connectivity index (χ3v) is 6.07. The van der Waals surface area contributed by atoms with Crippen LogP contribution in [0.1, 0.15) is 24.0 Å². The molecular weight excluding hydrogens is 394 g/mol. The smallest absolute Gasteiger partial charge is 0.263 e. The molecule has 0 aliphatic heterocycles. The second kappa shape index (κ2) is 8.24. The highest BCUT2D eigenvalue weighted by Gasteiger charge is 2.19. The Hall–Kier alpha value is -3.25. The number of aromatic nitrogens is 2. The maximum atomic E-state index is 13.6. The molecule has 0 unspecified atom stereocenters. The van der Waals surface area contributed by atoms with E-state index in [0.717, 1.165) is 27.1 Å². The van der Waals surface area contributed by atoms with E-state index in [0.29, 0.717) is 24.2 Å². The Morgan fingerprint density at radius 1 is 1.10 bits per heavy atom. The number of fused-ring (bicyclic) bond motifs is 1. The maximum absolute atomic E-state index is 13.6. The van der Waals surface area contributed by atoms with Gasteiger partial charge in [-0.15, -0.1) is 11.3 Å². The molecule has 0 aliphatic carbocycles. The van der Waals surface area contributed by atoms with Crippen molar-refractivity contribution in [3.63, 3.8) is 0 Å². The van der Waals surface area contributed by atoms with Gasteiger partial charge in [-0.2, -0.15) is 0 Å². The minimum Gasteiger partial charge on any atom is -0.370 e. The van der Waals surface area contributed by atoms with E-state index >= 15 is 0 Å². The van der Waals surface area contributed by atoms with E-state index in [1.807, 2.05) is 35.7 Å². The molecular formula is C24H23N3O2S. The molecule has 5 nitrogen and oxygen atoms in total. The number of hydrogen-bond acceptors (Lipinski definition) is 4. The van der Waals surface area contributed by atoms with Crippen LogP contribution in [0.3, 0.4) is 0 Å². The molecule has 4 rings (SSSR count). The number of thiophene rings is 1. The first-order chi connectivity index (χ1) is 14.5. The Labute approximate surface area is 178 Å². The Balaban J connectivity index is 1.93. The van der Waals surface area contributed by atoms with Crippen LogP contribution in [0, 0.1) is 13.8 Å². The van der Waals surface area contributed by atoms with Crippen molar-refractivity contribution in [2.24, 2.45) is 5.73 Å². The fourth-order valence-corrected chi connectivity index (χ4v) is 4.69. The normalized spacial score (nSPS) is 11.1. The molecule has 30 heavy (non-hydrogen) atoms. The van der Waals surface area contributed by atoms with Gasteiger partial charge in [-0.3, -0.25) is 14.2 Å². The van der Waals surface area contributed by atoms with Gasteiger partial charge < -0.3 is 5.73 Å². The zero-order valence-electron chi connectivity index (χ0n) is 17.0. The highest BCUT2D eigenvalue weighted by molar-refractivity contribution is 7.17. The van der Waals surface area contributed by atoms with Crippen molar-refractivity contribution in [2.75, 3.05) is 0 Å². The summed E-state index contributed by atoms with van der Waals surface area (Å²) in [7, 11) is 0. The van der Waals surface area contributed by atoms with Crippen LogP contribution in [-0.4, -0.2) is 15.5 Å². The molecule has 0 saturated heterocycles. The lowest BCUT2D eigenvalue weighted by Crippen LogP contribution is -2.24. The van der Waals surface area contributed by atoms with Crippen LogP contribution in [0.4, 0.5) is 0 Å². The van der Waals surface area contributed by atoms with E-state index < -0.39 is 0 Å². The van der Waals surface area contributed by atoms with Crippen LogP contribution in [-0.2, 0) is 11.3 Å². The third-order valence-electron chi connectivity index (χ3n) is 5.20. The second-order valence-electron chi connectivity index (χ2n) is 7.48. The summed E-state index contributed by atoms with van der Waals surface area (Å²) in [5.41, 5.74) is 10.4. The molecule has 0 bridgehead atoms. The van der Waals surface area contributed by atoms with E-state index in [-0.39, 0.29) is 17.9 Å². The lowest BCUT2D eigenvalue weighted by molar-refractivity contribution is -0.118. The number of carbonyl (C=O) groups is 1.